The average Bonchev–Trinajstić information content (AvgIpc) is 2.98. The highest BCUT2D eigenvalue weighted by molar-refractivity contribution is 6.07. The second-order valence-corrected chi connectivity index (χ2v) is 9.77. The quantitative estimate of drug-likeness (QED) is 0.338. The minimum absolute atomic E-state index is 0.0550. The minimum atomic E-state index is -0.571. The second kappa shape index (κ2) is 10.9. The first-order chi connectivity index (χ1) is 19.5. The molecule has 0 atom stereocenters. The molecule has 1 amide bonds. The number of rotatable bonds is 5. The Labute approximate surface area is 229 Å². The number of hydrogen-bond donors (Lipinski definition) is 3. The van der Waals surface area contributed by atoms with Gasteiger partial charge in [0, 0.05) is 43.8 Å². The van der Waals surface area contributed by atoms with Gasteiger partial charge in [0.25, 0.3) is 5.91 Å². The van der Waals surface area contributed by atoms with E-state index in [1.807, 2.05) is 17.0 Å². The lowest BCUT2D eigenvalue weighted by molar-refractivity contribution is 0.102. The van der Waals surface area contributed by atoms with Crippen molar-refractivity contribution in [2.24, 2.45) is 5.73 Å². The number of morpholine rings is 1. The Balaban J connectivity index is 1.35. The molecule has 0 radical (unpaired) electrons. The fraction of sp³-hybridized carbons (Fsp3) is 0.333. The Bertz CT molecular complexity index is 1550. The first kappa shape index (κ1) is 25.8. The van der Waals surface area contributed by atoms with E-state index in [2.05, 4.69) is 30.2 Å². The van der Waals surface area contributed by atoms with Crippen LogP contribution in [0.1, 0.15) is 23.3 Å². The SMILES string of the molecule is Nc1ncc(-c2nc(N3CCOCC3)nc3ccc(F)cc23)nc1C(=O)Nc1ncccc1N1CCC(N)CC1. The highest BCUT2D eigenvalue weighted by Crippen LogP contribution is 2.30. The summed E-state index contributed by atoms with van der Waals surface area (Å²) >= 11 is 0. The maximum atomic E-state index is 14.3. The standard InChI is InChI=1S/C27H29FN10O2/c28-16-3-4-19-18(14-16)22(35-27(34-19)38-10-12-40-13-11-38)20-15-32-24(30)23(33-20)26(39)36-25-21(2-1-7-31-25)37-8-5-17(29)6-9-37/h1-4,7,14-15,17H,5-6,8-13,29H2,(H2,30,32)(H,31,36,39). The molecule has 0 aliphatic carbocycles. The van der Waals surface area contributed by atoms with E-state index in [9.17, 15) is 9.18 Å². The van der Waals surface area contributed by atoms with Gasteiger partial charge >= 0.3 is 0 Å². The number of piperidine rings is 1. The van der Waals surface area contributed by atoms with Gasteiger partial charge in [-0.2, -0.15) is 0 Å². The van der Waals surface area contributed by atoms with E-state index in [0.29, 0.717) is 54.7 Å². The smallest absolute Gasteiger partial charge is 0.279 e. The van der Waals surface area contributed by atoms with Crippen LogP contribution in [0.5, 0.6) is 0 Å². The number of nitrogens with one attached hydrogen (secondary N) is 1. The molecule has 1 aromatic carbocycles. The Kier molecular flexibility index (Phi) is 7.05. The van der Waals surface area contributed by atoms with Crippen molar-refractivity contribution in [3.05, 3.63) is 54.2 Å². The number of aromatic nitrogens is 5. The molecule has 0 bridgehead atoms. The van der Waals surface area contributed by atoms with E-state index in [0.717, 1.165) is 31.6 Å². The van der Waals surface area contributed by atoms with Gasteiger partial charge < -0.3 is 31.3 Å². The van der Waals surface area contributed by atoms with Crippen LogP contribution in [0.4, 0.5) is 27.7 Å². The van der Waals surface area contributed by atoms with Crippen LogP contribution in [-0.2, 0) is 4.74 Å². The van der Waals surface area contributed by atoms with Gasteiger partial charge in [-0.3, -0.25) is 4.79 Å². The number of halogens is 1. The van der Waals surface area contributed by atoms with Crippen LogP contribution in [0, 0.1) is 5.82 Å². The predicted octanol–water partition coefficient (Wildman–Crippen LogP) is 2.22. The van der Waals surface area contributed by atoms with Crippen molar-refractivity contribution in [3.8, 4) is 11.4 Å². The molecule has 0 spiro atoms. The third kappa shape index (κ3) is 5.20. The van der Waals surface area contributed by atoms with Gasteiger partial charge in [-0.05, 0) is 43.2 Å². The number of fused-ring (bicyclic) bond motifs is 1. The number of nitrogen functional groups attached to an aromatic ring is 1. The number of carbonyl (C=O) groups excluding carboxylic acids is 1. The molecular formula is C27H29FN10O2. The number of carbonyl (C=O) groups is 1. The minimum Gasteiger partial charge on any atom is -0.382 e. The molecule has 206 valence electrons. The molecule has 12 nitrogen and oxygen atoms in total. The Morgan fingerprint density at radius 1 is 1.02 bits per heavy atom. The lowest BCUT2D eigenvalue weighted by Gasteiger charge is -2.32. The van der Waals surface area contributed by atoms with Crippen LogP contribution >= 0.6 is 0 Å². The van der Waals surface area contributed by atoms with Gasteiger partial charge in [0.05, 0.1) is 30.6 Å². The number of nitrogens with two attached hydrogens (primary N) is 2. The lowest BCUT2D eigenvalue weighted by Crippen LogP contribution is -2.40. The fourth-order valence-electron chi connectivity index (χ4n) is 4.92. The van der Waals surface area contributed by atoms with Gasteiger partial charge in [-0.15, -0.1) is 0 Å². The number of anilines is 4. The molecule has 5 N–H and O–H groups in total. The lowest BCUT2D eigenvalue weighted by atomic mass is 10.1. The van der Waals surface area contributed by atoms with Crippen molar-refractivity contribution in [2.45, 2.75) is 18.9 Å². The molecule has 2 fully saturated rings. The molecule has 2 aliphatic heterocycles. The van der Waals surface area contributed by atoms with Crippen molar-refractivity contribution in [1.29, 1.82) is 0 Å². The number of nitrogens with zero attached hydrogens (tertiary/aromatic N) is 7. The summed E-state index contributed by atoms with van der Waals surface area (Å²) in [4.78, 5) is 40.1. The van der Waals surface area contributed by atoms with E-state index in [-0.39, 0.29) is 23.2 Å². The number of pyridine rings is 1. The van der Waals surface area contributed by atoms with Crippen molar-refractivity contribution in [2.75, 3.05) is 60.2 Å². The molecule has 4 aromatic rings. The monoisotopic (exact) mass is 544 g/mol. The van der Waals surface area contributed by atoms with Gasteiger partial charge in [0.2, 0.25) is 5.95 Å². The Hall–Kier alpha value is -4.49. The summed E-state index contributed by atoms with van der Waals surface area (Å²) in [5, 5.41) is 3.29. The van der Waals surface area contributed by atoms with Crippen molar-refractivity contribution >= 4 is 40.1 Å². The van der Waals surface area contributed by atoms with Crippen LogP contribution in [0.3, 0.4) is 0 Å². The van der Waals surface area contributed by atoms with Crippen molar-refractivity contribution < 1.29 is 13.9 Å². The molecule has 13 heteroatoms. The number of ether oxygens (including phenoxy) is 1. The molecule has 40 heavy (non-hydrogen) atoms. The summed E-state index contributed by atoms with van der Waals surface area (Å²) in [5.74, 6) is -0.224. The van der Waals surface area contributed by atoms with Gasteiger partial charge in [0.15, 0.2) is 17.3 Å². The maximum absolute atomic E-state index is 14.3. The summed E-state index contributed by atoms with van der Waals surface area (Å²) < 4.78 is 19.7. The zero-order chi connectivity index (χ0) is 27.6. The van der Waals surface area contributed by atoms with E-state index < -0.39 is 11.7 Å². The molecular weight excluding hydrogens is 515 g/mol. The van der Waals surface area contributed by atoms with Crippen LogP contribution in [-0.4, -0.2) is 76.3 Å². The third-order valence-electron chi connectivity index (χ3n) is 7.10. The molecule has 2 aliphatic rings. The molecule has 6 rings (SSSR count). The number of amides is 1. The normalized spacial score (nSPS) is 16.4. The zero-order valence-corrected chi connectivity index (χ0v) is 21.8. The molecule has 0 saturated carbocycles. The topological polar surface area (TPSA) is 161 Å². The van der Waals surface area contributed by atoms with E-state index in [1.165, 1.54) is 18.3 Å². The predicted molar refractivity (Wildman–Crippen MR) is 150 cm³/mol. The van der Waals surface area contributed by atoms with E-state index in [4.69, 9.17) is 21.2 Å². The largest absolute Gasteiger partial charge is 0.382 e. The van der Waals surface area contributed by atoms with Crippen LogP contribution in [0.15, 0.2) is 42.7 Å². The number of hydrogen-bond acceptors (Lipinski definition) is 11. The zero-order valence-electron chi connectivity index (χ0n) is 21.8. The molecule has 2 saturated heterocycles. The number of benzene rings is 1. The fourth-order valence-corrected chi connectivity index (χ4v) is 4.92. The van der Waals surface area contributed by atoms with E-state index in [1.54, 1.807) is 12.3 Å². The van der Waals surface area contributed by atoms with Crippen LogP contribution in [0.25, 0.3) is 22.3 Å². The third-order valence-corrected chi connectivity index (χ3v) is 7.10. The molecule has 3 aromatic heterocycles. The summed E-state index contributed by atoms with van der Waals surface area (Å²) in [6.07, 6.45) is 4.73. The molecule has 5 heterocycles. The second-order valence-electron chi connectivity index (χ2n) is 9.77. The molecule has 0 unspecified atom stereocenters. The highest BCUT2D eigenvalue weighted by atomic mass is 19.1. The van der Waals surface area contributed by atoms with Gasteiger partial charge in [-0.25, -0.2) is 29.3 Å². The highest BCUT2D eigenvalue weighted by Gasteiger charge is 2.24. The summed E-state index contributed by atoms with van der Waals surface area (Å²) in [6, 6.07) is 8.17. The Morgan fingerprint density at radius 3 is 2.62 bits per heavy atom. The summed E-state index contributed by atoms with van der Waals surface area (Å²) in [5.41, 5.74) is 14.0. The Morgan fingerprint density at radius 2 is 1.82 bits per heavy atom. The van der Waals surface area contributed by atoms with Crippen LogP contribution < -0.4 is 26.6 Å². The summed E-state index contributed by atoms with van der Waals surface area (Å²) in [7, 11) is 0. The summed E-state index contributed by atoms with van der Waals surface area (Å²) in [6.45, 7) is 3.84. The first-order valence-electron chi connectivity index (χ1n) is 13.2. The van der Waals surface area contributed by atoms with Gasteiger partial charge in [0.1, 0.15) is 17.2 Å². The average molecular weight is 545 g/mol. The first-order valence-corrected chi connectivity index (χ1v) is 13.2. The van der Waals surface area contributed by atoms with Crippen molar-refractivity contribution in [1.82, 2.24) is 24.9 Å². The van der Waals surface area contributed by atoms with Gasteiger partial charge in [-0.1, -0.05) is 0 Å². The maximum Gasteiger partial charge on any atom is 0.279 e. The van der Waals surface area contributed by atoms with Crippen LogP contribution in [0.2, 0.25) is 0 Å². The van der Waals surface area contributed by atoms with E-state index >= 15 is 0 Å². The van der Waals surface area contributed by atoms with Crippen molar-refractivity contribution in [3.63, 3.8) is 0 Å².